The van der Waals surface area contributed by atoms with Crippen molar-refractivity contribution in [1.29, 1.82) is 0 Å². The average molecular weight is 261 g/mol. The number of carboxylic acid groups (broad SMARTS) is 1. The molecule has 0 spiro atoms. The first kappa shape index (κ1) is 12.0. The minimum absolute atomic E-state index is 0.0241. The molecule has 1 heterocycles. The van der Waals surface area contributed by atoms with E-state index in [2.05, 4.69) is 0 Å². The first-order chi connectivity index (χ1) is 8.95. The first-order valence-corrected chi connectivity index (χ1v) is 6.35. The molecule has 3 rings (SSSR count). The van der Waals surface area contributed by atoms with Crippen molar-refractivity contribution >= 4 is 17.1 Å². The predicted octanol–water partition coefficient (Wildman–Crippen LogP) is 2.29. The van der Waals surface area contributed by atoms with E-state index in [1.54, 1.807) is 22.8 Å². The van der Waals surface area contributed by atoms with Crippen LogP contribution in [0.1, 0.15) is 38.3 Å². The van der Waals surface area contributed by atoms with Crippen LogP contribution in [0.5, 0.6) is 0 Å². The van der Waals surface area contributed by atoms with Crippen LogP contribution in [0.3, 0.4) is 0 Å². The summed E-state index contributed by atoms with van der Waals surface area (Å²) in [5.41, 5.74) is 1.17. The summed E-state index contributed by atoms with van der Waals surface area (Å²) < 4.78 is 6.72. The molecule has 0 atom stereocenters. The van der Waals surface area contributed by atoms with E-state index in [-0.39, 0.29) is 6.04 Å². The van der Waals surface area contributed by atoms with Crippen molar-refractivity contribution in [2.75, 3.05) is 0 Å². The predicted molar refractivity (Wildman–Crippen MR) is 69.4 cm³/mol. The van der Waals surface area contributed by atoms with Crippen LogP contribution in [-0.4, -0.2) is 15.6 Å². The standard InChI is InChI=1S/C14H15NO4/c1-8(2)15-10-7-9(14(5-6-14)12(16)17)3-4-11(10)19-13(15)18/h3-4,7-8H,5-6H2,1-2H3,(H,16,17). The third-order valence-electron chi connectivity index (χ3n) is 3.84. The molecule has 0 radical (unpaired) electrons. The Kier molecular flexibility index (Phi) is 2.36. The van der Waals surface area contributed by atoms with Crippen molar-refractivity contribution in [1.82, 2.24) is 4.57 Å². The molecule has 1 saturated carbocycles. The van der Waals surface area contributed by atoms with Crippen LogP contribution in [0.15, 0.2) is 27.4 Å². The highest BCUT2D eigenvalue weighted by molar-refractivity contribution is 5.87. The molecule has 1 aromatic carbocycles. The highest BCUT2D eigenvalue weighted by atomic mass is 16.4. The molecule has 0 amide bonds. The maximum absolute atomic E-state index is 11.8. The second-order valence-corrected chi connectivity index (χ2v) is 5.40. The number of aliphatic carboxylic acids is 1. The molecule has 100 valence electrons. The summed E-state index contributed by atoms with van der Waals surface area (Å²) in [6.45, 7) is 3.79. The molecule has 1 N–H and O–H groups in total. The highest BCUT2D eigenvalue weighted by Gasteiger charge is 2.51. The number of carbonyl (C=O) groups is 1. The molecule has 0 aliphatic heterocycles. The number of oxazole rings is 1. The first-order valence-electron chi connectivity index (χ1n) is 6.35. The number of aromatic nitrogens is 1. The topological polar surface area (TPSA) is 72.4 Å². The van der Waals surface area contributed by atoms with Gasteiger partial charge in [-0.25, -0.2) is 4.79 Å². The van der Waals surface area contributed by atoms with Crippen molar-refractivity contribution in [2.24, 2.45) is 0 Å². The molecule has 0 saturated heterocycles. The number of hydrogen-bond acceptors (Lipinski definition) is 3. The Morgan fingerprint density at radius 2 is 2.11 bits per heavy atom. The van der Waals surface area contributed by atoms with Crippen LogP contribution in [-0.2, 0) is 10.2 Å². The van der Waals surface area contributed by atoms with Gasteiger partial charge in [-0.2, -0.15) is 0 Å². The lowest BCUT2D eigenvalue weighted by Crippen LogP contribution is -2.20. The van der Waals surface area contributed by atoms with Gasteiger partial charge in [0.2, 0.25) is 0 Å². The monoisotopic (exact) mass is 261 g/mol. The SMILES string of the molecule is CC(C)n1c(=O)oc2ccc(C3(C(=O)O)CC3)cc21. The van der Waals surface area contributed by atoms with Gasteiger partial charge in [0.25, 0.3) is 0 Å². The summed E-state index contributed by atoms with van der Waals surface area (Å²) in [6, 6.07) is 5.19. The van der Waals surface area contributed by atoms with E-state index in [0.29, 0.717) is 23.9 Å². The molecule has 19 heavy (non-hydrogen) atoms. The molecule has 5 nitrogen and oxygen atoms in total. The summed E-state index contributed by atoms with van der Waals surface area (Å²) in [5.74, 6) is -1.20. The zero-order valence-electron chi connectivity index (χ0n) is 10.8. The summed E-state index contributed by atoms with van der Waals surface area (Å²) in [5, 5.41) is 9.32. The third kappa shape index (κ3) is 1.61. The highest BCUT2D eigenvalue weighted by Crippen LogP contribution is 2.48. The normalized spacial score (nSPS) is 17.0. The van der Waals surface area contributed by atoms with E-state index in [1.165, 1.54) is 0 Å². The number of carboxylic acids is 1. The van der Waals surface area contributed by atoms with Gasteiger partial charge in [0.05, 0.1) is 10.9 Å². The van der Waals surface area contributed by atoms with Crippen LogP contribution >= 0.6 is 0 Å². The summed E-state index contributed by atoms with van der Waals surface area (Å²) in [7, 11) is 0. The van der Waals surface area contributed by atoms with Gasteiger partial charge in [0, 0.05) is 6.04 Å². The summed E-state index contributed by atoms with van der Waals surface area (Å²) in [4.78, 5) is 23.1. The molecule has 1 aliphatic carbocycles. The van der Waals surface area contributed by atoms with Gasteiger partial charge in [-0.05, 0) is 44.4 Å². The Bertz CT molecular complexity index is 719. The van der Waals surface area contributed by atoms with Crippen LogP contribution in [0.25, 0.3) is 11.1 Å². The van der Waals surface area contributed by atoms with E-state index < -0.39 is 17.1 Å². The molecule has 1 aliphatic rings. The minimum atomic E-state index is -0.797. The van der Waals surface area contributed by atoms with Gasteiger partial charge in [0.1, 0.15) is 0 Å². The van der Waals surface area contributed by atoms with Crippen LogP contribution in [0.2, 0.25) is 0 Å². The number of rotatable bonds is 3. The summed E-state index contributed by atoms with van der Waals surface area (Å²) >= 11 is 0. The Balaban J connectivity index is 2.23. The zero-order valence-corrected chi connectivity index (χ0v) is 10.8. The Labute approximate surface area is 109 Å². The largest absolute Gasteiger partial charge is 0.481 e. The Morgan fingerprint density at radius 1 is 1.42 bits per heavy atom. The number of hydrogen-bond donors (Lipinski definition) is 1. The fourth-order valence-corrected chi connectivity index (χ4v) is 2.57. The molecule has 1 aromatic heterocycles. The van der Waals surface area contributed by atoms with Gasteiger partial charge >= 0.3 is 11.7 Å². The quantitative estimate of drug-likeness (QED) is 0.920. The number of nitrogens with zero attached hydrogens (tertiary/aromatic N) is 1. The van der Waals surface area contributed by atoms with Crippen molar-refractivity contribution < 1.29 is 14.3 Å². The molecular weight excluding hydrogens is 246 g/mol. The second kappa shape index (κ2) is 3.73. The van der Waals surface area contributed by atoms with E-state index in [0.717, 1.165) is 5.56 Å². The molecular formula is C14H15NO4. The maximum atomic E-state index is 11.8. The summed E-state index contributed by atoms with van der Waals surface area (Å²) in [6.07, 6.45) is 1.30. The van der Waals surface area contributed by atoms with Crippen LogP contribution in [0, 0.1) is 0 Å². The van der Waals surface area contributed by atoms with E-state index in [4.69, 9.17) is 4.42 Å². The van der Waals surface area contributed by atoms with Gasteiger partial charge in [-0.3, -0.25) is 9.36 Å². The minimum Gasteiger partial charge on any atom is -0.481 e. The van der Waals surface area contributed by atoms with Crippen molar-refractivity contribution in [3.63, 3.8) is 0 Å². The molecule has 5 heteroatoms. The average Bonchev–Trinajstić information content (AvgIpc) is 3.06. The molecule has 0 bridgehead atoms. The number of fused-ring (bicyclic) bond motifs is 1. The third-order valence-corrected chi connectivity index (χ3v) is 3.84. The Morgan fingerprint density at radius 3 is 2.63 bits per heavy atom. The van der Waals surface area contributed by atoms with E-state index in [1.807, 2.05) is 13.8 Å². The number of benzene rings is 1. The van der Waals surface area contributed by atoms with Crippen LogP contribution in [0.4, 0.5) is 0 Å². The molecule has 2 aromatic rings. The van der Waals surface area contributed by atoms with Crippen LogP contribution < -0.4 is 5.76 Å². The van der Waals surface area contributed by atoms with Gasteiger partial charge in [-0.1, -0.05) is 6.07 Å². The zero-order chi connectivity index (χ0) is 13.8. The van der Waals surface area contributed by atoms with Crippen molar-refractivity contribution in [3.05, 3.63) is 34.3 Å². The fraction of sp³-hybridized carbons (Fsp3) is 0.429. The van der Waals surface area contributed by atoms with Crippen molar-refractivity contribution in [3.8, 4) is 0 Å². The van der Waals surface area contributed by atoms with E-state index >= 15 is 0 Å². The van der Waals surface area contributed by atoms with Crippen molar-refractivity contribution in [2.45, 2.75) is 38.1 Å². The lowest BCUT2D eigenvalue weighted by molar-refractivity contribution is -0.140. The lowest BCUT2D eigenvalue weighted by Gasteiger charge is -2.11. The molecule has 1 fully saturated rings. The molecule has 0 unspecified atom stereocenters. The maximum Gasteiger partial charge on any atom is 0.420 e. The lowest BCUT2D eigenvalue weighted by atomic mass is 9.96. The van der Waals surface area contributed by atoms with Gasteiger partial charge in [-0.15, -0.1) is 0 Å². The van der Waals surface area contributed by atoms with E-state index in [9.17, 15) is 14.7 Å². The Hall–Kier alpha value is -2.04. The van der Waals surface area contributed by atoms with Gasteiger partial charge in [0.15, 0.2) is 5.58 Å². The fourth-order valence-electron chi connectivity index (χ4n) is 2.57. The smallest absolute Gasteiger partial charge is 0.420 e. The van der Waals surface area contributed by atoms with Gasteiger partial charge < -0.3 is 9.52 Å². The second-order valence-electron chi connectivity index (χ2n) is 5.40.